The van der Waals surface area contributed by atoms with Crippen molar-refractivity contribution in [3.63, 3.8) is 0 Å². The van der Waals surface area contributed by atoms with E-state index in [1.165, 1.54) is 0 Å². The van der Waals surface area contributed by atoms with Gasteiger partial charge in [0, 0.05) is 24.9 Å². The summed E-state index contributed by atoms with van der Waals surface area (Å²) in [4.78, 5) is 13.2. The Kier molecular flexibility index (Phi) is 6.43. The van der Waals surface area contributed by atoms with Crippen LogP contribution in [0.2, 0.25) is 0 Å². The summed E-state index contributed by atoms with van der Waals surface area (Å²) in [5.41, 5.74) is 2.79. The van der Waals surface area contributed by atoms with Crippen molar-refractivity contribution in [3.8, 4) is 0 Å². The predicted molar refractivity (Wildman–Crippen MR) is 117 cm³/mol. The molecule has 0 atom stereocenters. The number of nitrogens with one attached hydrogen (secondary N) is 1. The number of anilines is 1. The van der Waals surface area contributed by atoms with Crippen LogP contribution in [0.5, 0.6) is 0 Å². The molecular weight excluding hydrogens is 400 g/mol. The monoisotopic (exact) mass is 426 g/mol. The van der Waals surface area contributed by atoms with Crippen molar-refractivity contribution in [2.45, 2.75) is 37.1 Å². The van der Waals surface area contributed by atoms with Crippen LogP contribution in [-0.4, -0.2) is 32.6 Å². The van der Waals surface area contributed by atoms with E-state index in [4.69, 9.17) is 4.74 Å². The molecule has 0 unspecified atom stereocenters. The highest BCUT2D eigenvalue weighted by Crippen LogP contribution is 2.35. The average molecular weight is 427 g/mol. The third-order valence-corrected chi connectivity index (χ3v) is 7.09. The molecule has 3 rings (SSSR count). The Labute approximate surface area is 177 Å². The lowest BCUT2D eigenvalue weighted by Crippen LogP contribution is -2.19. The number of sulfone groups is 1. The number of amides is 1. The van der Waals surface area contributed by atoms with Crippen molar-refractivity contribution in [1.82, 2.24) is 4.57 Å². The van der Waals surface area contributed by atoms with E-state index in [0.717, 1.165) is 11.3 Å². The maximum absolute atomic E-state index is 13.5. The predicted octanol–water partition coefficient (Wildman–Crippen LogP) is 4.14. The van der Waals surface area contributed by atoms with Gasteiger partial charge in [0.05, 0.1) is 11.5 Å². The van der Waals surface area contributed by atoms with Crippen molar-refractivity contribution in [3.05, 3.63) is 77.0 Å². The zero-order valence-corrected chi connectivity index (χ0v) is 18.4. The molecule has 2 aromatic carbocycles. The Bertz CT molecular complexity index is 1150. The van der Waals surface area contributed by atoms with Gasteiger partial charge in [0.25, 0.3) is 5.91 Å². The van der Waals surface area contributed by atoms with Crippen LogP contribution in [0.1, 0.15) is 27.2 Å². The lowest BCUT2D eigenvalue weighted by molar-refractivity contribution is 0.102. The number of ether oxygens (including phenoxy) is 1. The second-order valence-corrected chi connectivity index (χ2v) is 9.06. The molecule has 1 heterocycles. The molecule has 0 spiro atoms. The largest absolute Gasteiger partial charge is 0.383 e. The number of aryl methyl sites for hydroxylation is 1. The molecule has 0 saturated heterocycles. The van der Waals surface area contributed by atoms with Crippen LogP contribution < -0.4 is 5.32 Å². The van der Waals surface area contributed by atoms with Crippen LogP contribution in [0.15, 0.2) is 64.4 Å². The minimum atomic E-state index is -3.85. The SMILES string of the molecule is COCCn1c(C)c(C)c(S(=O)(=O)c2ccc(C)cc2)c1NC(=O)c1ccccc1. The maximum atomic E-state index is 13.5. The Morgan fingerprint density at radius 2 is 1.63 bits per heavy atom. The van der Waals surface area contributed by atoms with Crippen LogP contribution in [0.4, 0.5) is 5.82 Å². The normalized spacial score (nSPS) is 11.5. The first-order valence-corrected chi connectivity index (χ1v) is 11.1. The summed E-state index contributed by atoms with van der Waals surface area (Å²) in [6.07, 6.45) is 0. The number of hydrogen-bond acceptors (Lipinski definition) is 4. The summed E-state index contributed by atoms with van der Waals surface area (Å²) in [6.45, 7) is 6.30. The van der Waals surface area contributed by atoms with E-state index in [1.807, 2.05) is 19.9 Å². The van der Waals surface area contributed by atoms with Crippen molar-refractivity contribution in [2.24, 2.45) is 0 Å². The van der Waals surface area contributed by atoms with Gasteiger partial charge >= 0.3 is 0 Å². The smallest absolute Gasteiger partial charge is 0.256 e. The second-order valence-electron chi connectivity index (χ2n) is 7.17. The summed E-state index contributed by atoms with van der Waals surface area (Å²) >= 11 is 0. The van der Waals surface area contributed by atoms with Crippen LogP contribution in [0.3, 0.4) is 0 Å². The molecule has 0 bridgehead atoms. The van der Waals surface area contributed by atoms with Gasteiger partial charge in [-0.2, -0.15) is 0 Å². The highest BCUT2D eigenvalue weighted by Gasteiger charge is 2.30. The van der Waals surface area contributed by atoms with Crippen molar-refractivity contribution >= 4 is 21.6 Å². The van der Waals surface area contributed by atoms with Gasteiger partial charge in [0.2, 0.25) is 9.84 Å². The molecular formula is C23H26N2O4S. The lowest BCUT2D eigenvalue weighted by atomic mass is 10.2. The zero-order valence-electron chi connectivity index (χ0n) is 17.6. The standard InChI is InChI=1S/C23H26N2O4S/c1-16-10-12-20(13-11-16)30(27,28)21-17(2)18(3)25(14-15-29-4)22(21)24-23(26)19-8-6-5-7-9-19/h5-13H,14-15H2,1-4H3,(H,24,26). The summed E-state index contributed by atoms with van der Waals surface area (Å²) in [5.74, 6) is -0.108. The minimum Gasteiger partial charge on any atom is -0.383 e. The van der Waals surface area contributed by atoms with Gasteiger partial charge in [0.15, 0.2) is 0 Å². The molecule has 0 aliphatic heterocycles. The molecule has 30 heavy (non-hydrogen) atoms. The fraction of sp³-hybridized carbons (Fsp3) is 0.261. The van der Waals surface area contributed by atoms with Crippen LogP contribution >= 0.6 is 0 Å². The van der Waals surface area contributed by atoms with E-state index in [9.17, 15) is 13.2 Å². The third-order valence-electron chi connectivity index (χ3n) is 5.16. The van der Waals surface area contributed by atoms with Crippen LogP contribution in [0.25, 0.3) is 0 Å². The number of carbonyl (C=O) groups excluding carboxylic acids is 1. The van der Waals surface area contributed by atoms with Crippen LogP contribution in [0, 0.1) is 20.8 Å². The van der Waals surface area contributed by atoms with Crippen molar-refractivity contribution < 1.29 is 17.9 Å². The van der Waals surface area contributed by atoms with Gasteiger partial charge in [-0.05, 0) is 50.6 Å². The summed E-state index contributed by atoms with van der Waals surface area (Å²) < 4.78 is 34.1. The molecule has 3 aromatic rings. The average Bonchev–Trinajstić information content (AvgIpc) is 2.97. The van der Waals surface area contributed by atoms with E-state index in [2.05, 4.69) is 5.32 Å². The Morgan fingerprint density at radius 3 is 2.23 bits per heavy atom. The van der Waals surface area contributed by atoms with Crippen molar-refractivity contribution in [1.29, 1.82) is 0 Å². The summed E-state index contributed by atoms with van der Waals surface area (Å²) in [5, 5.41) is 2.84. The van der Waals surface area contributed by atoms with Gasteiger partial charge in [-0.3, -0.25) is 4.79 Å². The fourth-order valence-electron chi connectivity index (χ4n) is 3.35. The van der Waals surface area contributed by atoms with E-state index < -0.39 is 9.84 Å². The Balaban J connectivity index is 2.16. The number of benzene rings is 2. The molecule has 0 aliphatic rings. The molecule has 0 fully saturated rings. The highest BCUT2D eigenvalue weighted by molar-refractivity contribution is 7.91. The molecule has 7 heteroatoms. The number of carbonyl (C=O) groups is 1. The Morgan fingerprint density at radius 1 is 1.00 bits per heavy atom. The molecule has 0 radical (unpaired) electrons. The molecule has 6 nitrogen and oxygen atoms in total. The number of rotatable bonds is 7. The van der Waals surface area contributed by atoms with Gasteiger partial charge in [0.1, 0.15) is 10.7 Å². The van der Waals surface area contributed by atoms with E-state index in [-0.39, 0.29) is 21.5 Å². The number of hydrogen-bond donors (Lipinski definition) is 1. The number of nitrogens with zero attached hydrogens (tertiary/aromatic N) is 1. The second kappa shape index (κ2) is 8.85. The molecule has 1 aromatic heterocycles. The van der Waals surface area contributed by atoms with Gasteiger partial charge in [-0.25, -0.2) is 8.42 Å². The van der Waals surface area contributed by atoms with Gasteiger partial charge in [-0.1, -0.05) is 35.9 Å². The first-order valence-electron chi connectivity index (χ1n) is 9.64. The number of methoxy groups -OCH3 is 1. The summed E-state index contributed by atoms with van der Waals surface area (Å²) in [6, 6.07) is 15.4. The van der Waals surface area contributed by atoms with Gasteiger partial charge < -0.3 is 14.6 Å². The topological polar surface area (TPSA) is 77.4 Å². The molecule has 1 amide bonds. The third kappa shape index (κ3) is 4.17. The van der Waals surface area contributed by atoms with Gasteiger partial charge in [-0.15, -0.1) is 0 Å². The fourth-order valence-corrected chi connectivity index (χ4v) is 5.05. The van der Waals surface area contributed by atoms with E-state index in [1.54, 1.807) is 67.1 Å². The molecule has 1 N–H and O–H groups in total. The molecule has 0 saturated carbocycles. The summed E-state index contributed by atoms with van der Waals surface area (Å²) in [7, 11) is -2.27. The maximum Gasteiger partial charge on any atom is 0.256 e. The first kappa shape index (κ1) is 21.8. The number of aromatic nitrogens is 1. The highest BCUT2D eigenvalue weighted by atomic mass is 32.2. The van der Waals surface area contributed by atoms with E-state index >= 15 is 0 Å². The lowest BCUT2D eigenvalue weighted by Gasteiger charge is -2.14. The molecule has 0 aliphatic carbocycles. The minimum absolute atomic E-state index is 0.115. The van der Waals surface area contributed by atoms with E-state index in [0.29, 0.717) is 24.3 Å². The zero-order chi connectivity index (χ0) is 21.9. The van der Waals surface area contributed by atoms with Crippen LogP contribution in [-0.2, 0) is 21.1 Å². The van der Waals surface area contributed by atoms with Crippen molar-refractivity contribution in [2.75, 3.05) is 19.0 Å². The Hall–Kier alpha value is -2.90. The quantitative estimate of drug-likeness (QED) is 0.616. The first-order chi connectivity index (χ1) is 14.3. The molecule has 158 valence electrons.